The van der Waals surface area contributed by atoms with Crippen molar-refractivity contribution >= 4 is 11.8 Å². The summed E-state index contributed by atoms with van der Waals surface area (Å²) in [6.07, 6.45) is 1.96. The maximum Gasteiger partial charge on any atom is 0.226 e. The molecule has 2 aromatic heterocycles. The second-order valence-electron chi connectivity index (χ2n) is 7.33. The van der Waals surface area contributed by atoms with Crippen molar-refractivity contribution in [2.75, 3.05) is 23.9 Å². The largest absolute Gasteiger partial charge is 0.347 e. The monoisotopic (exact) mass is 312 g/mol. The quantitative estimate of drug-likeness (QED) is 0.849. The van der Waals surface area contributed by atoms with Gasteiger partial charge in [-0.15, -0.1) is 0 Å². The predicted octanol–water partition coefficient (Wildman–Crippen LogP) is 2.46. The molecule has 1 aliphatic heterocycles. The average molecular weight is 312 g/mol. The van der Waals surface area contributed by atoms with Crippen LogP contribution in [0, 0.1) is 6.92 Å². The van der Waals surface area contributed by atoms with Gasteiger partial charge in [0, 0.05) is 49.6 Å². The number of aryl methyl sites for hydroxylation is 1. The summed E-state index contributed by atoms with van der Waals surface area (Å²) < 4.78 is 0. The smallest absolute Gasteiger partial charge is 0.226 e. The van der Waals surface area contributed by atoms with Gasteiger partial charge in [0.15, 0.2) is 0 Å². The topological polar surface area (TPSA) is 58.0 Å². The predicted molar refractivity (Wildman–Crippen MR) is 91.7 cm³/mol. The molecule has 0 saturated heterocycles. The summed E-state index contributed by atoms with van der Waals surface area (Å²) in [5.74, 6) is 2.57. The molecular formula is C17H24N6. The van der Waals surface area contributed by atoms with Crippen LogP contribution < -0.4 is 9.80 Å². The molecule has 0 atom stereocenters. The van der Waals surface area contributed by atoms with Crippen LogP contribution in [0.4, 0.5) is 11.8 Å². The summed E-state index contributed by atoms with van der Waals surface area (Å²) in [6.45, 7) is 9.97. The van der Waals surface area contributed by atoms with Crippen LogP contribution in [-0.2, 0) is 18.5 Å². The van der Waals surface area contributed by atoms with Crippen molar-refractivity contribution in [2.24, 2.45) is 0 Å². The number of hydrogen-bond acceptors (Lipinski definition) is 6. The van der Waals surface area contributed by atoms with Crippen LogP contribution in [0.3, 0.4) is 0 Å². The van der Waals surface area contributed by atoms with E-state index in [1.54, 1.807) is 0 Å². The van der Waals surface area contributed by atoms with Gasteiger partial charge in [-0.3, -0.25) is 0 Å². The molecule has 0 fully saturated rings. The van der Waals surface area contributed by atoms with Gasteiger partial charge < -0.3 is 9.80 Å². The SMILES string of the molecule is Cc1cc(N2Cc3cnc(C(C)(C)C)nc3C2)nc(N(C)C)n1. The van der Waals surface area contributed by atoms with Crippen LogP contribution in [0.2, 0.25) is 0 Å². The van der Waals surface area contributed by atoms with Gasteiger partial charge in [0.25, 0.3) is 0 Å². The molecule has 122 valence electrons. The summed E-state index contributed by atoms with van der Waals surface area (Å²) in [5, 5.41) is 0. The van der Waals surface area contributed by atoms with Gasteiger partial charge in [-0.2, -0.15) is 4.98 Å². The summed E-state index contributed by atoms with van der Waals surface area (Å²) in [5.41, 5.74) is 3.22. The van der Waals surface area contributed by atoms with Crippen molar-refractivity contribution in [3.05, 3.63) is 35.0 Å². The Labute approximate surface area is 137 Å². The molecule has 0 amide bonds. The molecule has 0 N–H and O–H groups in total. The fourth-order valence-corrected chi connectivity index (χ4v) is 2.58. The van der Waals surface area contributed by atoms with E-state index in [9.17, 15) is 0 Å². The first-order valence-corrected chi connectivity index (χ1v) is 7.87. The van der Waals surface area contributed by atoms with Crippen molar-refractivity contribution in [2.45, 2.75) is 46.2 Å². The minimum atomic E-state index is -0.0357. The van der Waals surface area contributed by atoms with Crippen LogP contribution >= 0.6 is 0 Å². The first kappa shape index (κ1) is 15.6. The summed E-state index contributed by atoms with van der Waals surface area (Å²) in [7, 11) is 3.91. The minimum Gasteiger partial charge on any atom is -0.347 e. The fourth-order valence-electron chi connectivity index (χ4n) is 2.58. The molecule has 0 aliphatic carbocycles. The Morgan fingerprint density at radius 3 is 2.48 bits per heavy atom. The second-order valence-corrected chi connectivity index (χ2v) is 7.33. The van der Waals surface area contributed by atoms with E-state index in [2.05, 4.69) is 40.6 Å². The molecule has 3 rings (SSSR count). The van der Waals surface area contributed by atoms with Gasteiger partial charge in [-0.1, -0.05) is 20.8 Å². The molecule has 23 heavy (non-hydrogen) atoms. The fraction of sp³-hybridized carbons (Fsp3) is 0.529. The normalized spacial score (nSPS) is 14.1. The Morgan fingerprint density at radius 2 is 1.83 bits per heavy atom. The zero-order valence-electron chi connectivity index (χ0n) is 14.8. The Morgan fingerprint density at radius 1 is 1.09 bits per heavy atom. The number of nitrogens with zero attached hydrogens (tertiary/aromatic N) is 6. The van der Waals surface area contributed by atoms with Gasteiger partial charge in [0.05, 0.1) is 12.2 Å². The van der Waals surface area contributed by atoms with E-state index in [1.807, 2.05) is 38.2 Å². The van der Waals surface area contributed by atoms with Crippen molar-refractivity contribution in [1.82, 2.24) is 19.9 Å². The van der Waals surface area contributed by atoms with E-state index in [0.29, 0.717) is 0 Å². The summed E-state index contributed by atoms with van der Waals surface area (Å²) in [4.78, 5) is 22.6. The Bertz CT molecular complexity index is 732. The molecule has 1 aliphatic rings. The third-order valence-electron chi connectivity index (χ3n) is 3.88. The number of rotatable bonds is 2. The molecule has 0 aromatic carbocycles. The molecule has 3 heterocycles. The Balaban J connectivity index is 1.90. The van der Waals surface area contributed by atoms with E-state index in [-0.39, 0.29) is 5.41 Å². The maximum absolute atomic E-state index is 4.77. The van der Waals surface area contributed by atoms with Crippen molar-refractivity contribution in [3.8, 4) is 0 Å². The molecule has 2 aromatic rings. The van der Waals surface area contributed by atoms with Crippen LogP contribution in [-0.4, -0.2) is 34.0 Å². The lowest BCUT2D eigenvalue weighted by molar-refractivity contribution is 0.541. The number of anilines is 2. The molecule has 0 spiro atoms. The van der Waals surface area contributed by atoms with E-state index >= 15 is 0 Å². The molecule has 0 radical (unpaired) electrons. The second kappa shape index (κ2) is 5.44. The van der Waals surface area contributed by atoms with Crippen LogP contribution in [0.15, 0.2) is 12.3 Å². The van der Waals surface area contributed by atoms with Gasteiger partial charge in [-0.25, -0.2) is 15.0 Å². The van der Waals surface area contributed by atoms with Crippen molar-refractivity contribution < 1.29 is 0 Å². The average Bonchev–Trinajstić information content (AvgIpc) is 2.88. The number of fused-ring (bicyclic) bond motifs is 1. The third-order valence-corrected chi connectivity index (χ3v) is 3.88. The van der Waals surface area contributed by atoms with E-state index in [4.69, 9.17) is 4.98 Å². The highest BCUT2D eigenvalue weighted by Gasteiger charge is 2.26. The van der Waals surface area contributed by atoms with E-state index < -0.39 is 0 Å². The molecule has 0 saturated carbocycles. The molecule has 0 bridgehead atoms. The number of aromatic nitrogens is 4. The molecular weight excluding hydrogens is 288 g/mol. The maximum atomic E-state index is 4.77. The van der Waals surface area contributed by atoms with Crippen molar-refractivity contribution in [1.29, 1.82) is 0 Å². The van der Waals surface area contributed by atoms with E-state index in [1.165, 1.54) is 5.56 Å². The molecule has 6 heteroatoms. The highest BCUT2D eigenvalue weighted by atomic mass is 15.3. The number of hydrogen-bond donors (Lipinski definition) is 0. The molecule has 6 nitrogen and oxygen atoms in total. The Kier molecular flexibility index (Phi) is 3.70. The minimum absolute atomic E-state index is 0.0357. The van der Waals surface area contributed by atoms with Crippen LogP contribution in [0.1, 0.15) is 43.5 Å². The molecule has 0 unspecified atom stereocenters. The highest BCUT2D eigenvalue weighted by molar-refractivity contribution is 5.49. The zero-order valence-corrected chi connectivity index (χ0v) is 14.8. The lowest BCUT2D eigenvalue weighted by Crippen LogP contribution is -2.20. The van der Waals surface area contributed by atoms with Gasteiger partial charge >= 0.3 is 0 Å². The zero-order chi connectivity index (χ0) is 16.8. The lowest BCUT2D eigenvalue weighted by Gasteiger charge is -2.19. The highest BCUT2D eigenvalue weighted by Crippen LogP contribution is 2.28. The Hall–Kier alpha value is -2.24. The van der Waals surface area contributed by atoms with Crippen LogP contribution in [0.25, 0.3) is 0 Å². The standard InChI is InChI=1S/C17H24N6/c1-11-7-14(21-16(19-11)22(5)6)23-9-12-8-18-15(17(2,3)4)20-13(12)10-23/h7-8H,9-10H2,1-6H3. The summed E-state index contributed by atoms with van der Waals surface area (Å²) >= 11 is 0. The van der Waals surface area contributed by atoms with Crippen molar-refractivity contribution in [3.63, 3.8) is 0 Å². The van der Waals surface area contributed by atoms with Gasteiger partial charge in [0.1, 0.15) is 11.6 Å². The summed E-state index contributed by atoms with van der Waals surface area (Å²) in [6, 6.07) is 2.02. The first-order chi connectivity index (χ1) is 10.7. The lowest BCUT2D eigenvalue weighted by atomic mass is 9.95. The third kappa shape index (κ3) is 3.11. The van der Waals surface area contributed by atoms with Crippen LogP contribution in [0.5, 0.6) is 0 Å². The van der Waals surface area contributed by atoms with E-state index in [0.717, 1.165) is 42.1 Å². The first-order valence-electron chi connectivity index (χ1n) is 7.87. The van der Waals surface area contributed by atoms with Gasteiger partial charge in [0.2, 0.25) is 5.95 Å². The van der Waals surface area contributed by atoms with Gasteiger partial charge in [-0.05, 0) is 6.92 Å².